The van der Waals surface area contributed by atoms with E-state index in [0.29, 0.717) is 10.6 Å². The lowest BCUT2D eigenvalue weighted by Gasteiger charge is -2.26. The van der Waals surface area contributed by atoms with E-state index >= 15 is 0 Å². The summed E-state index contributed by atoms with van der Waals surface area (Å²) in [6.07, 6.45) is 4.27. The Balaban J connectivity index is 2.14. The Morgan fingerprint density at radius 1 is 1.05 bits per heavy atom. The molecule has 2 aromatic rings. The second-order valence-electron chi connectivity index (χ2n) is 5.06. The summed E-state index contributed by atoms with van der Waals surface area (Å²) < 4.78 is 0. The zero-order chi connectivity index (χ0) is 13.9. The number of aryl methyl sites for hydroxylation is 1. The average Bonchev–Trinajstić information content (AvgIpc) is 2.69. The summed E-state index contributed by atoms with van der Waals surface area (Å²) in [5.41, 5.74) is 4.12. The number of rotatable bonds is 2. The summed E-state index contributed by atoms with van der Waals surface area (Å²) >= 11 is 6.12. The van der Waals surface area contributed by atoms with Gasteiger partial charge < -0.3 is 4.90 Å². The van der Waals surface area contributed by atoms with Gasteiger partial charge in [-0.05, 0) is 49.1 Å². The van der Waals surface area contributed by atoms with Gasteiger partial charge >= 0.3 is 0 Å². The second-order valence-corrected chi connectivity index (χ2v) is 5.49. The van der Waals surface area contributed by atoms with Crippen molar-refractivity contribution in [2.24, 2.45) is 0 Å². The lowest BCUT2D eigenvalue weighted by atomic mass is 10.1. The number of carbonyl (C=O) groups is 1. The maximum atomic E-state index is 11.3. The highest BCUT2D eigenvalue weighted by Crippen LogP contribution is 2.35. The van der Waals surface area contributed by atoms with Crippen molar-refractivity contribution in [3.05, 3.63) is 58.6 Å². The van der Waals surface area contributed by atoms with Gasteiger partial charge in [-0.15, -0.1) is 0 Å². The first kappa shape index (κ1) is 13.2. The van der Waals surface area contributed by atoms with Gasteiger partial charge in [0.15, 0.2) is 6.29 Å². The number of carbonyl (C=O) groups excluding carboxylic acids is 1. The van der Waals surface area contributed by atoms with Crippen LogP contribution in [0, 0.1) is 0 Å². The van der Waals surface area contributed by atoms with Gasteiger partial charge in [-0.25, -0.2) is 0 Å². The molecule has 0 fully saturated rings. The van der Waals surface area contributed by atoms with Gasteiger partial charge in [-0.1, -0.05) is 29.8 Å². The van der Waals surface area contributed by atoms with Gasteiger partial charge in [0.2, 0.25) is 0 Å². The maximum Gasteiger partial charge on any atom is 0.152 e. The highest BCUT2D eigenvalue weighted by molar-refractivity contribution is 6.31. The standard InChI is InChI=1S/C17H16ClNO/c18-15-9-8-14(12-20)17(11-15)19-10-4-3-6-13-5-1-2-7-16(13)19/h1-2,5,7-9,11-12H,3-4,6,10H2. The SMILES string of the molecule is O=Cc1ccc(Cl)cc1N1CCCCc2ccccc21. The Labute approximate surface area is 124 Å². The van der Waals surface area contributed by atoms with E-state index in [0.717, 1.165) is 31.4 Å². The van der Waals surface area contributed by atoms with Crippen LogP contribution in [0.3, 0.4) is 0 Å². The Hall–Kier alpha value is -1.80. The number of anilines is 2. The number of benzene rings is 2. The summed E-state index contributed by atoms with van der Waals surface area (Å²) in [5, 5.41) is 0.660. The second kappa shape index (κ2) is 5.68. The quantitative estimate of drug-likeness (QED) is 0.750. The first-order valence-corrected chi connectivity index (χ1v) is 7.27. The third-order valence-electron chi connectivity index (χ3n) is 3.77. The monoisotopic (exact) mass is 285 g/mol. The van der Waals surface area contributed by atoms with E-state index in [9.17, 15) is 4.79 Å². The number of hydrogen-bond acceptors (Lipinski definition) is 2. The molecule has 0 radical (unpaired) electrons. The molecular formula is C17H16ClNO. The zero-order valence-electron chi connectivity index (χ0n) is 11.2. The lowest BCUT2D eigenvalue weighted by Crippen LogP contribution is -2.19. The fourth-order valence-corrected chi connectivity index (χ4v) is 2.96. The third-order valence-corrected chi connectivity index (χ3v) is 4.01. The molecule has 20 heavy (non-hydrogen) atoms. The van der Waals surface area contributed by atoms with Crippen LogP contribution in [0.4, 0.5) is 11.4 Å². The number of halogens is 1. The highest BCUT2D eigenvalue weighted by atomic mass is 35.5. The van der Waals surface area contributed by atoms with Gasteiger partial charge in [0, 0.05) is 22.8 Å². The van der Waals surface area contributed by atoms with E-state index in [-0.39, 0.29) is 0 Å². The average molecular weight is 286 g/mol. The van der Waals surface area contributed by atoms with Crippen molar-refractivity contribution >= 4 is 29.3 Å². The minimum absolute atomic E-state index is 0.660. The van der Waals surface area contributed by atoms with Crippen LogP contribution in [0.2, 0.25) is 5.02 Å². The molecular weight excluding hydrogens is 270 g/mol. The smallest absolute Gasteiger partial charge is 0.152 e. The molecule has 0 aromatic heterocycles. The highest BCUT2D eigenvalue weighted by Gasteiger charge is 2.18. The molecule has 3 heteroatoms. The van der Waals surface area contributed by atoms with E-state index in [1.54, 1.807) is 12.1 Å². The lowest BCUT2D eigenvalue weighted by molar-refractivity contribution is 0.112. The van der Waals surface area contributed by atoms with E-state index in [4.69, 9.17) is 11.6 Å². The molecule has 0 aliphatic carbocycles. The molecule has 0 saturated heterocycles. The van der Waals surface area contributed by atoms with Gasteiger partial charge in [0.25, 0.3) is 0 Å². The van der Waals surface area contributed by atoms with Crippen LogP contribution in [0.1, 0.15) is 28.8 Å². The normalized spacial score (nSPS) is 14.6. The van der Waals surface area contributed by atoms with Crippen molar-refractivity contribution in [3.8, 4) is 0 Å². The first-order valence-electron chi connectivity index (χ1n) is 6.90. The van der Waals surface area contributed by atoms with Crippen molar-refractivity contribution < 1.29 is 4.79 Å². The number of para-hydroxylation sites is 1. The molecule has 2 aromatic carbocycles. The van der Waals surface area contributed by atoms with Crippen LogP contribution in [-0.4, -0.2) is 12.8 Å². The van der Waals surface area contributed by atoms with Crippen molar-refractivity contribution in [2.75, 3.05) is 11.4 Å². The van der Waals surface area contributed by atoms with Crippen molar-refractivity contribution in [1.29, 1.82) is 0 Å². The van der Waals surface area contributed by atoms with Crippen molar-refractivity contribution in [2.45, 2.75) is 19.3 Å². The van der Waals surface area contributed by atoms with Crippen LogP contribution in [0.25, 0.3) is 0 Å². The van der Waals surface area contributed by atoms with E-state index in [2.05, 4.69) is 23.1 Å². The molecule has 2 nitrogen and oxygen atoms in total. The van der Waals surface area contributed by atoms with Crippen molar-refractivity contribution in [1.82, 2.24) is 0 Å². The fraction of sp³-hybridized carbons (Fsp3) is 0.235. The molecule has 0 unspecified atom stereocenters. The zero-order valence-corrected chi connectivity index (χ0v) is 11.9. The number of hydrogen-bond donors (Lipinski definition) is 0. The molecule has 0 saturated carbocycles. The fourth-order valence-electron chi connectivity index (χ4n) is 2.79. The summed E-state index contributed by atoms with van der Waals surface area (Å²) in [7, 11) is 0. The molecule has 0 atom stereocenters. The third kappa shape index (κ3) is 2.44. The molecule has 1 aliphatic heterocycles. The Bertz CT molecular complexity index is 639. The molecule has 3 rings (SSSR count). The number of fused-ring (bicyclic) bond motifs is 1. The Kier molecular flexibility index (Phi) is 3.75. The number of nitrogens with zero attached hydrogens (tertiary/aromatic N) is 1. The summed E-state index contributed by atoms with van der Waals surface area (Å²) in [5.74, 6) is 0. The molecule has 1 aliphatic rings. The maximum absolute atomic E-state index is 11.3. The van der Waals surface area contributed by atoms with Crippen LogP contribution in [-0.2, 0) is 6.42 Å². The van der Waals surface area contributed by atoms with Crippen molar-refractivity contribution in [3.63, 3.8) is 0 Å². The molecule has 1 heterocycles. The molecule has 0 bridgehead atoms. The van der Waals surface area contributed by atoms with Crippen LogP contribution in [0.5, 0.6) is 0 Å². The minimum Gasteiger partial charge on any atom is -0.341 e. The number of aldehydes is 1. The van der Waals surface area contributed by atoms with E-state index < -0.39 is 0 Å². The summed E-state index contributed by atoms with van der Waals surface area (Å²) in [6, 6.07) is 13.8. The molecule has 0 amide bonds. The topological polar surface area (TPSA) is 20.3 Å². The van der Waals surface area contributed by atoms with Gasteiger partial charge in [0.1, 0.15) is 0 Å². The predicted octanol–water partition coefficient (Wildman–Crippen LogP) is 4.63. The Morgan fingerprint density at radius 2 is 1.90 bits per heavy atom. The van der Waals surface area contributed by atoms with E-state index in [1.807, 2.05) is 12.1 Å². The van der Waals surface area contributed by atoms with Crippen LogP contribution >= 0.6 is 11.6 Å². The summed E-state index contributed by atoms with van der Waals surface area (Å²) in [6.45, 7) is 0.915. The molecule has 0 spiro atoms. The first-order chi connectivity index (χ1) is 9.79. The minimum atomic E-state index is 0.660. The summed E-state index contributed by atoms with van der Waals surface area (Å²) in [4.78, 5) is 13.5. The predicted molar refractivity (Wildman–Crippen MR) is 83.2 cm³/mol. The van der Waals surface area contributed by atoms with Gasteiger partial charge in [-0.3, -0.25) is 4.79 Å². The van der Waals surface area contributed by atoms with E-state index in [1.165, 1.54) is 17.7 Å². The largest absolute Gasteiger partial charge is 0.341 e. The van der Waals surface area contributed by atoms with Gasteiger partial charge in [0.05, 0.1) is 5.69 Å². The molecule has 102 valence electrons. The Morgan fingerprint density at radius 3 is 2.75 bits per heavy atom. The van der Waals surface area contributed by atoms with Crippen LogP contribution < -0.4 is 4.90 Å². The van der Waals surface area contributed by atoms with Gasteiger partial charge in [-0.2, -0.15) is 0 Å². The van der Waals surface area contributed by atoms with Crippen LogP contribution in [0.15, 0.2) is 42.5 Å². The molecule has 0 N–H and O–H groups in total.